The lowest BCUT2D eigenvalue weighted by Crippen LogP contribution is -2.22. The third-order valence-corrected chi connectivity index (χ3v) is 2.93. The molecule has 1 rings (SSSR count). The van der Waals surface area contributed by atoms with E-state index < -0.39 is 0 Å². The van der Waals surface area contributed by atoms with Crippen molar-refractivity contribution in [3.05, 3.63) is 0 Å². The molecule has 1 aliphatic carbocycles. The Morgan fingerprint density at radius 2 is 2.00 bits per heavy atom. The van der Waals surface area contributed by atoms with Crippen molar-refractivity contribution in [2.75, 3.05) is 0 Å². The molecule has 1 heteroatoms. The predicted octanol–water partition coefficient (Wildman–Crippen LogP) is 2.58. The van der Waals surface area contributed by atoms with E-state index >= 15 is 0 Å². The number of rotatable bonds is 0. The second-order valence-corrected chi connectivity index (χ2v) is 4.81. The molecule has 0 heterocycles. The van der Waals surface area contributed by atoms with Gasteiger partial charge in [-0.3, -0.25) is 0 Å². The summed E-state index contributed by atoms with van der Waals surface area (Å²) in [6.07, 6.45) is 4.67. The van der Waals surface area contributed by atoms with Gasteiger partial charge in [0, 0.05) is 0 Å². The standard InChI is InChI=1S/C10H20O/c1-8-5-4-6-10(2,3)7-9(8)11/h8-9,11H,4-7H2,1-3H3. The predicted molar refractivity (Wildman–Crippen MR) is 47.4 cm³/mol. The van der Waals surface area contributed by atoms with Gasteiger partial charge in [0.15, 0.2) is 0 Å². The highest BCUT2D eigenvalue weighted by Gasteiger charge is 2.28. The first-order chi connectivity index (χ1) is 5.01. The minimum absolute atomic E-state index is 0.0625. The molecule has 11 heavy (non-hydrogen) atoms. The van der Waals surface area contributed by atoms with E-state index in [1.165, 1.54) is 19.3 Å². The van der Waals surface area contributed by atoms with E-state index in [9.17, 15) is 5.11 Å². The summed E-state index contributed by atoms with van der Waals surface area (Å²) in [7, 11) is 0. The normalized spacial score (nSPS) is 38.2. The summed E-state index contributed by atoms with van der Waals surface area (Å²) in [5.41, 5.74) is 0.365. The van der Waals surface area contributed by atoms with Crippen LogP contribution in [0.4, 0.5) is 0 Å². The lowest BCUT2D eigenvalue weighted by Gasteiger charge is -2.25. The van der Waals surface area contributed by atoms with Crippen LogP contribution in [0.25, 0.3) is 0 Å². The van der Waals surface area contributed by atoms with Gasteiger partial charge < -0.3 is 5.11 Å². The summed E-state index contributed by atoms with van der Waals surface area (Å²) in [5, 5.41) is 9.69. The average Bonchev–Trinajstić information content (AvgIpc) is 1.93. The monoisotopic (exact) mass is 156 g/mol. The van der Waals surface area contributed by atoms with Crippen molar-refractivity contribution < 1.29 is 5.11 Å². The van der Waals surface area contributed by atoms with Gasteiger partial charge in [0.25, 0.3) is 0 Å². The molecule has 0 aromatic heterocycles. The molecule has 1 saturated carbocycles. The molecule has 1 nitrogen and oxygen atoms in total. The Hall–Kier alpha value is -0.0400. The van der Waals surface area contributed by atoms with Crippen LogP contribution in [0.3, 0.4) is 0 Å². The van der Waals surface area contributed by atoms with E-state index in [0.29, 0.717) is 11.3 Å². The van der Waals surface area contributed by atoms with Crippen molar-refractivity contribution in [2.45, 2.75) is 52.6 Å². The van der Waals surface area contributed by atoms with E-state index in [1.807, 2.05) is 0 Å². The molecule has 1 fully saturated rings. The van der Waals surface area contributed by atoms with Crippen molar-refractivity contribution in [3.63, 3.8) is 0 Å². The SMILES string of the molecule is CC1CCCC(C)(C)CC1O. The van der Waals surface area contributed by atoms with Crippen molar-refractivity contribution in [3.8, 4) is 0 Å². The molecule has 0 aromatic carbocycles. The summed E-state index contributed by atoms with van der Waals surface area (Å²) >= 11 is 0. The van der Waals surface area contributed by atoms with Crippen molar-refractivity contribution in [1.82, 2.24) is 0 Å². The molecule has 0 saturated heterocycles. The first-order valence-electron chi connectivity index (χ1n) is 4.69. The maximum atomic E-state index is 9.69. The van der Waals surface area contributed by atoms with Crippen molar-refractivity contribution in [2.24, 2.45) is 11.3 Å². The van der Waals surface area contributed by atoms with Gasteiger partial charge in [0.2, 0.25) is 0 Å². The molecule has 66 valence electrons. The highest BCUT2D eigenvalue weighted by molar-refractivity contribution is 4.80. The lowest BCUT2D eigenvalue weighted by molar-refractivity contribution is 0.0802. The quantitative estimate of drug-likeness (QED) is 0.534. The van der Waals surface area contributed by atoms with Crippen LogP contribution in [-0.4, -0.2) is 11.2 Å². The fourth-order valence-electron chi connectivity index (χ4n) is 1.96. The molecule has 1 aliphatic rings. The minimum Gasteiger partial charge on any atom is -0.393 e. The Bertz CT molecular complexity index is 129. The van der Waals surface area contributed by atoms with Gasteiger partial charge >= 0.3 is 0 Å². The molecule has 0 aromatic rings. The number of hydrogen-bond donors (Lipinski definition) is 1. The number of hydrogen-bond acceptors (Lipinski definition) is 1. The molecular formula is C10H20O. The first-order valence-corrected chi connectivity index (χ1v) is 4.69. The Balaban J connectivity index is 2.55. The summed E-state index contributed by atoms with van der Waals surface area (Å²) in [5.74, 6) is 0.511. The molecule has 0 bridgehead atoms. The van der Waals surface area contributed by atoms with Gasteiger partial charge in [0.05, 0.1) is 6.10 Å². The van der Waals surface area contributed by atoms with E-state index in [-0.39, 0.29) is 6.10 Å². The van der Waals surface area contributed by atoms with Crippen LogP contribution in [0.1, 0.15) is 46.5 Å². The van der Waals surface area contributed by atoms with Gasteiger partial charge in [0.1, 0.15) is 0 Å². The van der Waals surface area contributed by atoms with Gasteiger partial charge in [-0.25, -0.2) is 0 Å². The number of aliphatic hydroxyl groups is 1. The van der Waals surface area contributed by atoms with Crippen LogP contribution in [0, 0.1) is 11.3 Å². The second kappa shape index (κ2) is 3.14. The highest BCUT2D eigenvalue weighted by Crippen LogP contribution is 2.35. The van der Waals surface area contributed by atoms with Crippen molar-refractivity contribution >= 4 is 0 Å². The largest absolute Gasteiger partial charge is 0.393 e. The van der Waals surface area contributed by atoms with Crippen LogP contribution in [-0.2, 0) is 0 Å². The smallest absolute Gasteiger partial charge is 0.0570 e. The third-order valence-electron chi connectivity index (χ3n) is 2.93. The van der Waals surface area contributed by atoms with E-state index in [1.54, 1.807) is 0 Å². The number of aliphatic hydroxyl groups excluding tert-OH is 1. The van der Waals surface area contributed by atoms with Crippen LogP contribution < -0.4 is 0 Å². The Morgan fingerprint density at radius 3 is 2.64 bits per heavy atom. The fourth-order valence-corrected chi connectivity index (χ4v) is 1.96. The van der Waals surface area contributed by atoms with Crippen LogP contribution >= 0.6 is 0 Å². The highest BCUT2D eigenvalue weighted by atomic mass is 16.3. The summed E-state index contributed by atoms with van der Waals surface area (Å²) < 4.78 is 0. The van der Waals surface area contributed by atoms with Crippen LogP contribution in [0.5, 0.6) is 0 Å². The van der Waals surface area contributed by atoms with Gasteiger partial charge in [-0.05, 0) is 30.6 Å². The zero-order chi connectivity index (χ0) is 8.48. The van der Waals surface area contributed by atoms with Gasteiger partial charge in [-0.2, -0.15) is 0 Å². The Kier molecular flexibility index (Phi) is 2.58. The molecule has 2 atom stereocenters. The molecule has 1 N–H and O–H groups in total. The van der Waals surface area contributed by atoms with Crippen LogP contribution in [0.2, 0.25) is 0 Å². The molecule has 0 aliphatic heterocycles. The summed E-state index contributed by atoms with van der Waals surface area (Å²) in [6.45, 7) is 6.68. The van der Waals surface area contributed by atoms with Crippen molar-refractivity contribution in [1.29, 1.82) is 0 Å². The van der Waals surface area contributed by atoms with E-state index in [2.05, 4.69) is 20.8 Å². The summed E-state index contributed by atoms with van der Waals surface area (Å²) in [4.78, 5) is 0. The molecular weight excluding hydrogens is 136 g/mol. The molecule has 0 spiro atoms. The maximum Gasteiger partial charge on any atom is 0.0570 e. The average molecular weight is 156 g/mol. The fraction of sp³-hybridized carbons (Fsp3) is 1.00. The van der Waals surface area contributed by atoms with Gasteiger partial charge in [-0.15, -0.1) is 0 Å². The molecule has 2 unspecified atom stereocenters. The van der Waals surface area contributed by atoms with E-state index in [4.69, 9.17) is 0 Å². The van der Waals surface area contributed by atoms with Crippen LogP contribution in [0.15, 0.2) is 0 Å². The Labute approximate surface area is 69.8 Å². The topological polar surface area (TPSA) is 20.2 Å². The van der Waals surface area contributed by atoms with Gasteiger partial charge in [-0.1, -0.05) is 27.2 Å². The zero-order valence-corrected chi connectivity index (χ0v) is 7.93. The lowest BCUT2D eigenvalue weighted by atomic mass is 9.84. The Morgan fingerprint density at radius 1 is 1.36 bits per heavy atom. The van der Waals surface area contributed by atoms with E-state index in [0.717, 1.165) is 6.42 Å². The third kappa shape index (κ3) is 2.48. The maximum absolute atomic E-state index is 9.69. The second-order valence-electron chi connectivity index (χ2n) is 4.81. The first kappa shape index (κ1) is 9.05. The molecule has 0 amide bonds. The minimum atomic E-state index is -0.0625. The molecule has 0 radical (unpaired) electrons. The zero-order valence-electron chi connectivity index (χ0n) is 7.93. The summed E-state index contributed by atoms with van der Waals surface area (Å²) in [6, 6.07) is 0.